The first-order valence-corrected chi connectivity index (χ1v) is 12.3. The molecule has 2 heterocycles. The number of aryl methyl sites for hydroxylation is 1. The summed E-state index contributed by atoms with van der Waals surface area (Å²) in [6.07, 6.45) is 0. The van der Waals surface area contributed by atoms with E-state index >= 15 is 0 Å². The number of benzene rings is 2. The van der Waals surface area contributed by atoms with Gasteiger partial charge in [0.2, 0.25) is 0 Å². The molecule has 3 aromatic rings. The Hall–Kier alpha value is -3.12. The molecule has 35 heavy (non-hydrogen) atoms. The number of methoxy groups -OCH3 is 1. The van der Waals surface area contributed by atoms with Gasteiger partial charge in [-0.3, -0.25) is 9.69 Å². The molecule has 1 aliphatic heterocycles. The summed E-state index contributed by atoms with van der Waals surface area (Å²) >= 11 is 0. The van der Waals surface area contributed by atoms with Gasteiger partial charge in [0.05, 0.1) is 13.7 Å². The van der Waals surface area contributed by atoms with Crippen molar-refractivity contribution in [1.82, 2.24) is 9.80 Å². The maximum absolute atomic E-state index is 13.5. The van der Waals surface area contributed by atoms with Gasteiger partial charge in [-0.1, -0.05) is 32.0 Å². The molecule has 1 saturated heterocycles. The van der Waals surface area contributed by atoms with Crippen LogP contribution < -0.4 is 4.74 Å². The average Bonchev–Trinajstić information content (AvgIpc) is 3.43. The van der Waals surface area contributed by atoms with Crippen molar-refractivity contribution in [1.29, 1.82) is 0 Å². The third-order valence-corrected chi connectivity index (χ3v) is 6.65. The molecular weight excluding hydrogens is 443 g/mol. The SMILES string of the molecule is COc1ccccc1C1CN(Cc2ccc(C)o2)CC1CN(CC(C)C)C(=O)c1ccc(F)cc1. The number of carbonyl (C=O) groups is 1. The third kappa shape index (κ3) is 6.12. The number of amides is 1. The van der Waals surface area contributed by atoms with Crippen molar-refractivity contribution in [2.45, 2.75) is 33.2 Å². The minimum Gasteiger partial charge on any atom is -0.496 e. The number of hydrogen-bond acceptors (Lipinski definition) is 4. The summed E-state index contributed by atoms with van der Waals surface area (Å²) in [6.45, 7) is 9.86. The maximum atomic E-state index is 13.5. The van der Waals surface area contributed by atoms with Crippen molar-refractivity contribution < 1.29 is 18.3 Å². The van der Waals surface area contributed by atoms with Gasteiger partial charge in [-0.25, -0.2) is 4.39 Å². The van der Waals surface area contributed by atoms with Gasteiger partial charge >= 0.3 is 0 Å². The smallest absolute Gasteiger partial charge is 0.253 e. The van der Waals surface area contributed by atoms with Crippen LogP contribution in [0.4, 0.5) is 4.39 Å². The van der Waals surface area contributed by atoms with E-state index in [0.717, 1.165) is 42.5 Å². The number of ether oxygens (including phenoxy) is 1. The van der Waals surface area contributed by atoms with Crippen molar-refractivity contribution in [3.63, 3.8) is 0 Å². The van der Waals surface area contributed by atoms with Crippen LogP contribution in [0.15, 0.2) is 65.1 Å². The molecule has 1 aliphatic rings. The molecule has 2 atom stereocenters. The first-order valence-electron chi connectivity index (χ1n) is 12.3. The standard InChI is InChI=1S/C29H35FN2O3/c1-20(2)15-32(29(33)22-10-12-24(30)13-11-22)17-23-16-31(18-25-14-9-21(3)35-25)19-27(23)26-7-5-6-8-28(26)34-4/h5-14,20,23,27H,15-19H2,1-4H3. The lowest BCUT2D eigenvalue weighted by atomic mass is 9.87. The van der Waals surface area contributed by atoms with Gasteiger partial charge < -0.3 is 14.1 Å². The summed E-state index contributed by atoms with van der Waals surface area (Å²) in [7, 11) is 1.70. The Morgan fingerprint density at radius 1 is 1.11 bits per heavy atom. The lowest BCUT2D eigenvalue weighted by molar-refractivity contribution is 0.0702. The minimum atomic E-state index is -0.340. The van der Waals surface area contributed by atoms with Crippen LogP contribution in [0.5, 0.6) is 5.75 Å². The second-order valence-electron chi connectivity index (χ2n) is 9.93. The highest BCUT2D eigenvalue weighted by Gasteiger charge is 2.37. The summed E-state index contributed by atoms with van der Waals surface area (Å²) in [5, 5.41) is 0. The quantitative estimate of drug-likeness (QED) is 0.393. The zero-order valence-electron chi connectivity index (χ0n) is 21.0. The van der Waals surface area contributed by atoms with Crippen LogP contribution in [0.3, 0.4) is 0 Å². The van der Waals surface area contributed by atoms with Crippen LogP contribution in [-0.2, 0) is 6.54 Å². The molecule has 2 unspecified atom stereocenters. The zero-order chi connectivity index (χ0) is 24.9. The molecule has 5 nitrogen and oxygen atoms in total. The van der Waals surface area contributed by atoms with E-state index in [2.05, 4.69) is 24.8 Å². The fraction of sp³-hybridized carbons (Fsp3) is 0.414. The monoisotopic (exact) mass is 478 g/mol. The number of carbonyl (C=O) groups excluding carboxylic acids is 1. The van der Waals surface area contributed by atoms with Crippen LogP contribution in [-0.4, -0.2) is 49.0 Å². The molecule has 1 amide bonds. The van der Waals surface area contributed by atoms with Crippen molar-refractivity contribution >= 4 is 5.91 Å². The lowest BCUT2D eigenvalue weighted by Crippen LogP contribution is -2.39. The summed E-state index contributed by atoms with van der Waals surface area (Å²) in [5.74, 6) is 3.06. The number of hydrogen-bond donors (Lipinski definition) is 0. The zero-order valence-corrected chi connectivity index (χ0v) is 21.0. The van der Waals surface area contributed by atoms with Crippen molar-refractivity contribution in [2.75, 3.05) is 33.3 Å². The molecule has 0 bridgehead atoms. The van der Waals surface area contributed by atoms with Crippen LogP contribution in [0.2, 0.25) is 0 Å². The number of halogens is 1. The highest BCUT2D eigenvalue weighted by molar-refractivity contribution is 5.94. The van der Waals surface area contributed by atoms with Gasteiger partial charge in [0.15, 0.2) is 0 Å². The lowest BCUT2D eigenvalue weighted by Gasteiger charge is -2.30. The van der Waals surface area contributed by atoms with E-state index in [4.69, 9.17) is 9.15 Å². The first-order chi connectivity index (χ1) is 16.8. The Balaban J connectivity index is 1.61. The van der Waals surface area contributed by atoms with Gasteiger partial charge in [-0.2, -0.15) is 0 Å². The fourth-order valence-electron chi connectivity index (χ4n) is 5.13. The minimum absolute atomic E-state index is 0.0578. The Bertz CT molecular complexity index is 1120. The van der Waals surface area contributed by atoms with Crippen LogP contribution >= 0.6 is 0 Å². The topological polar surface area (TPSA) is 45.9 Å². The van der Waals surface area contributed by atoms with Gasteiger partial charge in [-0.05, 0) is 66.8 Å². The highest BCUT2D eigenvalue weighted by atomic mass is 19.1. The molecule has 4 rings (SSSR count). The largest absolute Gasteiger partial charge is 0.496 e. The van der Waals surface area contributed by atoms with E-state index < -0.39 is 0 Å². The number of likely N-dealkylation sites (tertiary alicyclic amines) is 1. The molecular formula is C29H35FN2O3. The number of furan rings is 1. The molecule has 1 aromatic heterocycles. The average molecular weight is 479 g/mol. The van der Waals surface area contributed by atoms with Gasteiger partial charge in [-0.15, -0.1) is 0 Å². The Morgan fingerprint density at radius 2 is 1.86 bits per heavy atom. The molecule has 1 fully saturated rings. The van der Waals surface area contributed by atoms with Crippen molar-refractivity contribution in [2.24, 2.45) is 11.8 Å². The van der Waals surface area contributed by atoms with E-state index in [1.165, 1.54) is 12.1 Å². The van der Waals surface area contributed by atoms with Crippen LogP contribution in [0.25, 0.3) is 0 Å². The van der Waals surface area contributed by atoms with Crippen molar-refractivity contribution in [3.05, 3.63) is 89.1 Å². The summed E-state index contributed by atoms with van der Waals surface area (Å²) in [6, 6.07) is 18.0. The molecule has 6 heteroatoms. The van der Waals surface area contributed by atoms with E-state index in [0.29, 0.717) is 24.6 Å². The van der Waals surface area contributed by atoms with E-state index in [9.17, 15) is 9.18 Å². The van der Waals surface area contributed by atoms with Gasteiger partial charge in [0.25, 0.3) is 5.91 Å². The van der Waals surface area contributed by atoms with Crippen LogP contribution in [0, 0.1) is 24.6 Å². The molecule has 0 N–H and O–H groups in total. The summed E-state index contributed by atoms with van der Waals surface area (Å²) < 4.78 is 25.0. The molecule has 2 aromatic carbocycles. The van der Waals surface area contributed by atoms with E-state index in [1.807, 2.05) is 42.2 Å². The summed E-state index contributed by atoms with van der Waals surface area (Å²) in [5.41, 5.74) is 1.68. The number of para-hydroxylation sites is 1. The highest BCUT2D eigenvalue weighted by Crippen LogP contribution is 2.38. The number of nitrogens with zero attached hydrogens (tertiary/aromatic N) is 2. The molecule has 0 aliphatic carbocycles. The van der Waals surface area contributed by atoms with Gasteiger partial charge in [0.1, 0.15) is 23.1 Å². The van der Waals surface area contributed by atoms with Gasteiger partial charge in [0, 0.05) is 37.7 Å². The molecule has 0 saturated carbocycles. The molecule has 0 radical (unpaired) electrons. The Labute approximate surface area is 207 Å². The second-order valence-corrected chi connectivity index (χ2v) is 9.93. The fourth-order valence-corrected chi connectivity index (χ4v) is 5.13. The summed E-state index contributed by atoms with van der Waals surface area (Å²) in [4.78, 5) is 17.8. The van der Waals surface area contributed by atoms with E-state index in [1.54, 1.807) is 19.2 Å². The maximum Gasteiger partial charge on any atom is 0.253 e. The van der Waals surface area contributed by atoms with E-state index in [-0.39, 0.29) is 23.6 Å². The predicted octanol–water partition coefficient (Wildman–Crippen LogP) is 5.75. The first kappa shape index (κ1) is 25.0. The Kier molecular flexibility index (Phi) is 7.91. The Morgan fingerprint density at radius 3 is 2.51 bits per heavy atom. The molecule has 0 spiro atoms. The molecule has 186 valence electrons. The second kappa shape index (κ2) is 11.1. The van der Waals surface area contributed by atoms with Crippen LogP contribution in [0.1, 0.15) is 47.2 Å². The normalized spacial score (nSPS) is 18.2. The van der Waals surface area contributed by atoms with Crippen molar-refractivity contribution in [3.8, 4) is 5.75 Å². The number of rotatable bonds is 9. The predicted molar refractivity (Wildman–Crippen MR) is 135 cm³/mol. The third-order valence-electron chi connectivity index (χ3n) is 6.65.